The van der Waals surface area contributed by atoms with E-state index in [9.17, 15) is 14.4 Å². The quantitative estimate of drug-likeness (QED) is 0.300. The van der Waals surface area contributed by atoms with Crippen LogP contribution in [0.5, 0.6) is 0 Å². The maximum atomic E-state index is 13.0. The Kier molecular flexibility index (Phi) is 6.70. The van der Waals surface area contributed by atoms with E-state index in [-0.39, 0.29) is 11.7 Å². The Hall–Kier alpha value is -3.71. The fourth-order valence-corrected chi connectivity index (χ4v) is 4.74. The number of carbonyl (C=O) groups excluding carboxylic acids is 3. The first-order chi connectivity index (χ1) is 16.0. The number of hydrogen-bond acceptors (Lipinski definition) is 5. The number of rotatable bonds is 8. The van der Waals surface area contributed by atoms with Gasteiger partial charge in [-0.25, -0.2) is 4.79 Å². The molecule has 0 aliphatic rings. The van der Waals surface area contributed by atoms with Gasteiger partial charge >= 0.3 is 5.97 Å². The highest BCUT2D eigenvalue weighted by molar-refractivity contribution is 7.14. The van der Waals surface area contributed by atoms with Gasteiger partial charge in [-0.3, -0.25) is 9.59 Å². The van der Waals surface area contributed by atoms with Gasteiger partial charge in [0.05, 0.1) is 17.9 Å². The lowest BCUT2D eigenvalue weighted by atomic mass is 10.0. The van der Waals surface area contributed by atoms with Crippen LogP contribution in [-0.2, 0) is 20.7 Å². The highest BCUT2D eigenvalue weighted by atomic mass is 32.1. The number of aromatic amines is 1. The number of amides is 1. The summed E-state index contributed by atoms with van der Waals surface area (Å²) in [7, 11) is 1.31. The number of carbonyl (C=O) groups is 3. The number of para-hydroxylation sites is 1. The molecule has 2 atom stereocenters. The molecule has 0 saturated carbocycles. The third kappa shape index (κ3) is 4.88. The van der Waals surface area contributed by atoms with Crippen LogP contribution in [0.4, 0.5) is 0 Å². The molecule has 0 fully saturated rings. The number of ketones is 1. The molecule has 4 aromatic rings. The zero-order valence-corrected chi connectivity index (χ0v) is 19.1. The number of thiophene rings is 1. The third-order valence-corrected chi connectivity index (χ3v) is 6.87. The second-order valence-electron chi connectivity index (χ2n) is 7.77. The largest absolute Gasteiger partial charge is 0.467 e. The van der Waals surface area contributed by atoms with E-state index in [4.69, 9.17) is 4.74 Å². The molecule has 0 saturated heterocycles. The molecule has 0 unspecified atom stereocenters. The monoisotopic (exact) mass is 460 g/mol. The van der Waals surface area contributed by atoms with E-state index >= 15 is 0 Å². The molecule has 0 spiro atoms. The molecule has 7 heteroatoms. The van der Waals surface area contributed by atoms with E-state index in [0.717, 1.165) is 21.3 Å². The maximum Gasteiger partial charge on any atom is 0.328 e. The average Bonchev–Trinajstić information content (AvgIpc) is 3.50. The summed E-state index contributed by atoms with van der Waals surface area (Å²) in [6.07, 6.45) is 2.15. The molecule has 2 aromatic heterocycles. The first-order valence-electron chi connectivity index (χ1n) is 10.6. The summed E-state index contributed by atoms with van der Waals surface area (Å²) in [4.78, 5) is 42.6. The zero-order valence-electron chi connectivity index (χ0n) is 18.3. The molecule has 0 aliphatic heterocycles. The highest BCUT2D eigenvalue weighted by Crippen LogP contribution is 2.27. The molecule has 0 bridgehead atoms. The second kappa shape index (κ2) is 9.83. The number of aromatic nitrogens is 1. The van der Waals surface area contributed by atoms with Crippen LogP contribution in [-0.4, -0.2) is 35.8 Å². The Labute approximate surface area is 195 Å². The van der Waals surface area contributed by atoms with Crippen molar-refractivity contribution in [2.24, 2.45) is 0 Å². The van der Waals surface area contributed by atoms with E-state index < -0.39 is 17.9 Å². The van der Waals surface area contributed by atoms with Crippen LogP contribution in [0.3, 0.4) is 0 Å². The summed E-state index contributed by atoms with van der Waals surface area (Å²) >= 11 is 1.29. The lowest BCUT2D eigenvalue weighted by Crippen LogP contribution is -2.44. The average molecular weight is 461 g/mol. The van der Waals surface area contributed by atoms with Crippen molar-refractivity contribution >= 4 is 39.9 Å². The van der Waals surface area contributed by atoms with Gasteiger partial charge in [-0.2, -0.15) is 0 Å². The minimum Gasteiger partial charge on any atom is -0.467 e. The van der Waals surface area contributed by atoms with Crippen molar-refractivity contribution in [3.63, 3.8) is 0 Å². The van der Waals surface area contributed by atoms with Crippen molar-refractivity contribution in [3.8, 4) is 0 Å². The molecule has 1 amide bonds. The van der Waals surface area contributed by atoms with Gasteiger partial charge in [0.25, 0.3) is 0 Å². The van der Waals surface area contributed by atoms with Crippen LogP contribution in [0.2, 0.25) is 0 Å². The Balaban J connectivity index is 1.48. The Morgan fingerprint density at radius 2 is 1.73 bits per heavy atom. The van der Waals surface area contributed by atoms with E-state index in [1.54, 1.807) is 31.2 Å². The molecule has 2 aromatic carbocycles. The lowest BCUT2D eigenvalue weighted by Gasteiger charge is -2.18. The van der Waals surface area contributed by atoms with Crippen molar-refractivity contribution in [2.75, 3.05) is 7.11 Å². The predicted molar refractivity (Wildman–Crippen MR) is 129 cm³/mol. The van der Waals surface area contributed by atoms with Crippen molar-refractivity contribution in [1.82, 2.24) is 10.3 Å². The number of hydrogen-bond donors (Lipinski definition) is 2. The highest BCUT2D eigenvalue weighted by Gasteiger charge is 2.27. The molecule has 4 rings (SSSR count). The Morgan fingerprint density at radius 3 is 2.48 bits per heavy atom. The van der Waals surface area contributed by atoms with Gasteiger partial charge in [0.1, 0.15) is 6.04 Å². The van der Waals surface area contributed by atoms with Crippen molar-refractivity contribution in [2.45, 2.75) is 25.3 Å². The summed E-state index contributed by atoms with van der Waals surface area (Å²) in [6, 6.07) is 19.5. The number of H-pyrrole nitrogens is 1. The van der Waals surface area contributed by atoms with Gasteiger partial charge in [0, 0.05) is 34.0 Å². The standard InChI is InChI=1S/C26H24N2O4S/c1-16(22-12-13-23(33-22)24(29)17-8-4-3-5-9-17)25(30)28-21(26(31)32-2)14-18-15-27-20-11-7-6-10-19(18)20/h3-13,15-16,21,27H,14H2,1-2H3,(H,28,30)/t16-,21+/m1/s1. The normalized spacial score (nSPS) is 12.8. The van der Waals surface area contributed by atoms with Crippen LogP contribution >= 0.6 is 11.3 Å². The van der Waals surface area contributed by atoms with Gasteiger partial charge in [0.2, 0.25) is 11.7 Å². The molecule has 0 radical (unpaired) electrons. The SMILES string of the molecule is COC(=O)[C@H](Cc1c[nH]c2ccccc12)NC(=O)[C@H](C)c1ccc(C(=O)c2ccccc2)s1. The van der Waals surface area contributed by atoms with Crippen LogP contribution < -0.4 is 5.32 Å². The Bertz CT molecular complexity index is 1290. The molecule has 2 heterocycles. The summed E-state index contributed by atoms with van der Waals surface area (Å²) < 4.78 is 4.94. The molecule has 33 heavy (non-hydrogen) atoms. The second-order valence-corrected chi connectivity index (χ2v) is 8.88. The predicted octanol–water partition coefficient (Wildman–Crippen LogP) is 4.46. The molecule has 2 N–H and O–H groups in total. The van der Waals surface area contributed by atoms with Gasteiger partial charge < -0.3 is 15.0 Å². The van der Waals surface area contributed by atoms with Crippen molar-refractivity contribution in [3.05, 3.63) is 93.8 Å². The zero-order chi connectivity index (χ0) is 23.4. The van der Waals surface area contributed by atoms with Crippen LogP contribution in [0.1, 0.15) is 38.5 Å². The van der Waals surface area contributed by atoms with E-state index in [1.165, 1.54) is 18.4 Å². The fraction of sp³-hybridized carbons (Fsp3) is 0.192. The van der Waals surface area contributed by atoms with E-state index in [1.807, 2.05) is 48.7 Å². The minimum atomic E-state index is -0.825. The summed E-state index contributed by atoms with van der Waals surface area (Å²) in [5, 5.41) is 3.83. The smallest absolute Gasteiger partial charge is 0.328 e. The van der Waals surface area contributed by atoms with Crippen molar-refractivity contribution < 1.29 is 19.1 Å². The maximum absolute atomic E-state index is 13.0. The van der Waals surface area contributed by atoms with E-state index in [0.29, 0.717) is 16.9 Å². The number of methoxy groups -OCH3 is 1. The third-order valence-electron chi connectivity index (χ3n) is 5.61. The summed E-state index contributed by atoms with van der Waals surface area (Å²) in [6.45, 7) is 1.76. The molecule has 6 nitrogen and oxygen atoms in total. The first kappa shape index (κ1) is 22.5. The van der Waals surface area contributed by atoms with Crippen LogP contribution in [0.25, 0.3) is 10.9 Å². The molecular weight excluding hydrogens is 436 g/mol. The Morgan fingerprint density at radius 1 is 1.00 bits per heavy atom. The topological polar surface area (TPSA) is 88.3 Å². The first-order valence-corrected chi connectivity index (χ1v) is 11.4. The van der Waals surface area contributed by atoms with Gasteiger partial charge in [-0.05, 0) is 30.7 Å². The molecule has 168 valence electrons. The fourth-order valence-electron chi connectivity index (χ4n) is 3.72. The molecular formula is C26H24N2O4S. The van der Waals surface area contributed by atoms with Gasteiger partial charge in [-0.15, -0.1) is 11.3 Å². The van der Waals surface area contributed by atoms with Crippen molar-refractivity contribution in [1.29, 1.82) is 0 Å². The lowest BCUT2D eigenvalue weighted by molar-refractivity contribution is -0.145. The number of esters is 1. The number of fused-ring (bicyclic) bond motifs is 1. The van der Waals surface area contributed by atoms with Crippen LogP contribution in [0, 0.1) is 0 Å². The van der Waals surface area contributed by atoms with E-state index in [2.05, 4.69) is 10.3 Å². The number of ether oxygens (including phenoxy) is 1. The van der Waals surface area contributed by atoms with Gasteiger partial charge in [0.15, 0.2) is 0 Å². The van der Waals surface area contributed by atoms with Gasteiger partial charge in [-0.1, -0.05) is 48.5 Å². The number of benzene rings is 2. The number of nitrogens with one attached hydrogen (secondary N) is 2. The van der Waals surface area contributed by atoms with Crippen LogP contribution in [0.15, 0.2) is 72.9 Å². The summed E-state index contributed by atoms with van der Waals surface area (Å²) in [5.74, 6) is -1.41. The minimum absolute atomic E-state index is 0.0776. The molecule has 0 aliphatic carbocycles. The summed E-state index contributed by atoms with van der Waals surface area (Å²) in [5.41, 5.74) is 2.48.